The highest BCUT2D eigenvalue weighted by Gasteiger charge is 2.38. The highest BCUT2D eigenvalue weighted by atomic mass is 32.2. The van der Waals surface area contributed by atoms with E-state index in [2.05, 4.69) is 15.3 Å². The second kappa shape index (κ2) is 4.14. The van der Waals surface area contributed by atoms with Crippen molar-refractivity contribution in [1.82, 2.24) is 24.3 Å². The van der Waals surface area contributed by atoms with Crippen molar-refractivity contribution in [3.63, 3.8) is 0 Å². The Balaban J connectivity index is 1.75. The summed E-state index contributed by atoms with van der Waals surface area (Å²) in [7, 11) is -3.42. The molecule has 2 aromatic rings. The van der Waals surface area contributed by atoms with Gasteiger partial charge in [-0.15, -0.1) is 5.10 Å². The van der Waals surface area contributed by atoms with Crippen molar-refractivity contribution < 1.29 is 8.42 Å². The summed E-state index contributed by atoms with van der Waals surface area (Å²) in [6, 6.07) is 3.23. The van der Waals surface area contributed by atoms with Crippen LogP contribution in [0.2, 0.25) is 0 Å². The summed E-state index contributed by atoms with van der Waals surface area (Å²) >= 11 is 0. The van der Waals surface area contributed by atoms with Gasteiger partial charge in [-0.25, -0.2) is 13.1 Å². The van der Waals surface area contributed by atoms with Crippen molar-refractivity contribution in [2.45, 2.75) is 10.9 Å². The first-order valence-electron chi connectivity index (χ1n) is 5.44. The number of pyridine rings is 1. The third-order valence-electron chi connectivity index (χ3n) is 2.92. The van der Waals surface area contributed by atoms with Crippen LogP contribution in [0.3, 0.4) is 0 Å². The molecule has 0 amide bonds. The average Bonchev–Trinajstić information content (AvgIpc) is 2.81. The molecule has 0 N–H and O–H groups in total. The molecule has 0 aromatic carbocycles. The van der Waals surface area contributed by atoms with Crippen LogP contribution in [0.25, 0.3) is 0 Å². The summed E-state index contributed by atoms with van der Waals surface area (Å²) in [5.41, 5.74) is 0. The highest BCUT2D eigenvalue weighted by Crippen LogP contribution is 2.26. The second-order valence-electron chi connectivity index (χ2n) is 4.05. The molecule has 3 heterocycles. The SMILES string of the molecule is O=S(=O)(c1cccnc1)N1CC(n2ccnn2)C1. The maximum absolute atomic E-state index is 12.2. The zero-order valence-electron chi connectivity index (χ0n) is 9.42. The Morgan fingerprint density at radius 3 is 2.72 bits per heavy atom. The molecule has 7 nitrogen and oxygen atoms in total. The van der Waals surface area contributed by atoms with Gasteiger partial charge in [0.05, 0.1) is 12.2 Å². The van der Waals surface area contributed by atoms with Gasteiger partial charge in [0.1, 0.15) is 4.90 Å². The van der Waals surface area contributed by atoms with Gasteiger partial charge >= 0.3 is 0 Å². The molecule has 0 unspecified atom stereocenters. The molecule has 1 fully saturated rings. The normalized spacial score (nSPS) is 17.6. The molecular formula is C10H11N5O2S. The van der Waals surface area contributed by atoms with Crippen molar-refractivity contribution in [2.24, 2.45) is 0 Å². The van der Waals surface area contributed by atoms with Crippen molar-refractivity contribution in [2.75, 3.05) is 13.1 Å². The Morgan fingerprint density at radius 1 is 1.28 bits per heavy atom. The third-order valence-corrected chi connectivity index (χ3v) is 4.73. The summed E-state index contributed by atoms with van der Waals surface area (Å²) in [5, 5.41) is 7.57. The number of aromatic nitrogens is 4. The van der Waals surface area contributed by atoms with Crippen molar-refractivity contribution in [3.05, 3.63) is 36.9 Å². The Bertz CT molecular complexity index is 620. The fourth-order valence-electron chi connectivity index (χ4n) is 1.84. The van der Waals surface area contributed by atoms with Crippen molar-refractivity contribution in [3.8, 4) is 0 Å². The summed E-state index contributed by atoms with van der Waals surface area (Å²) in [4.78, 5) is 4.05. The summed E-state index contributed by atoms with van der Waals surface area (Å²) in [6.45, 7) is 0.834. The lowest BCUT2D eigenvalue weighted by atomic mass is 10.2. The van der Waals surface area contributed by atoms with Crippen LogP contribution in [0.4, 0.5) is 0 Å². The van der Waals surface area contributed by atoms with Gasteiger partial charge in [0.2, 0.25) is 10.0 Å². The molecule has 0 radical (unpaired) electrons. The van der Waals surface area contributed by atoms with E-state index < -0.39 is 10.0 Å². The van der Waals surface area contributed by atoms with Crippen LogP contribution in [0.5, 0.6) is 0 Å². The van der Waals surface area contributed by atoms with E-state index in [4.69, 9.17) is 0 Å². The van der Waals surface area contributed by atoms with Crippen molar-refractivity contribution >= 4 is 10.0 Å². The Morgan fingerprint density at radius 2 is 2.11 bits per heavy atom. The maximum atomic E-state index is 12.2. The first kappa shape index (κ1) is 11.3. The fraction of sp³-hybridized carbons (Fsp3) is 0.300. The second-order valence-corrected chi connectivity index (χ2v) is 5.99. The fourth-order valence-corrected chi connectivity index (χ4v) is 3.32. The first-order chi connectivity index (χ1) is 8.68. The predicted molar refractivity (Wildman–Crippen MR) is 62.1 cm³/mol. The van der Waals surface area contributed by atoms with Gasteiger partial charge in [-0.2, -0.15) is 4.31 Å². The molecule has 18 heavy (non-hydrogen) atoms. The summed E-state index contributed by atoms with van der Waals surface area (Å²) < 4.78 is 27.4. The number of hydrogen-bond donors (Lipinski definition) is 0. The molecule has 2 aromatic heterocycles. The van der Waals surface area contributed by atoms with E-state index in [1.807, 2.05) is 0 Å². The molecule has 0 aliphatic carbocycles. The number of rotatable bonds is 3. The minimum absolute atomic E-state index is 0.0685. The van der Waals surface area contributed by atoms with E-state index in [-0.39, 0.29) is 10.9 Å². The third kappa shape index (κ3) is 1.79. The minimum atomic E-state index is -3.42. The lowest BCUT2D eigenvalue weighted by Gasteiger charge is -2.37. The minimum Gasteiger partial charge on any atom is -0.263 e. The van der Waals surface area contributed by atoms with Crippen LogP contribution >= 0.6 is 0 Å². The molecule has 0 saturated carbocycles. The molecule has 94 valence electrons. The Kier molecular flexibility index (Phi) is 2.60. The molecular weight excluding hydrogens is 254 g/mol. The van der Waals surface area contributed by atoms with Gasteiger partial charge < -0.3 is 0 Å². The highest BCUT2D eigenvalue weighted by molar-refractivity contribution is 7.89. The van der Waals surface area contributed by atoms with Crippen LogP contribution in [0.15, 0.2) is 41.8 Å². The van der Waals surface area contributed by atoms with E-state index in [0.717, 1.165) is 0 Å². The van der Waals surface area contributed by atoms with E-state index >= 15 is 0 Å². The smallest absolute Gasteiger partial charge is 0.244 e. The zero-order chi connectivity index (χ0) is 12.6. The predicted octanol–water partition coefficient (Wildman–Crippen LogP) is -0.0813. The molecule has 1 aliphatic rings. The largest absolute Gasteiger partial charge is 0.263 e. The standard InChI is InChI=1S/C10H11N5O2S/c16-18(17,10-2-1-3-11-6-10)14-7-9(8-14)15-5-4-12-13-15/h1-6,9H,7-8H2. The van der Waals surface area contributed by atoms with Gasteiger partial charge in [0.25, 0.3) is 0 Å². The lowest BCUT2D eigenvalue weighted by molar-refractivity contribution is 0.189. The lowest BCUT2D eigenvalue weighted by Crippen LogP contribution is -2.50. The molecule has 0 atom stereocenters. The Hall–Kier alpha value is -1.80. The quantitative estimate of drug-likeness (QED) is 0.775. The topological polar surface area (TPSA) is 81.0 Å². The average molecular weight is 265 g/mol. The van der Waals surface area contributed by atoms with Gasteiger partial charge in [-0.1, -0.05) is 5.21 Å². The number of nitrogens with zero attached hydrogens (tertiary/aromatic N) is 5. The van der Waals surface area contributed by atoms with Crippen molar-refractivity contribution in [1.29, 1.82) is 0 Å². The van der Waals surface area contributed by atoms with E-state index in [1.54, 1.807) is 35.4 Å². The molecule has 1 aliphatic heterocycles. The van der Waals surface area contributed by atoms with Crippen LogP contribution in [-0.4, -0.2) is 45.8 Å². The van der Waals surface area contributed by atoms with E-state index in [1.165, 1.54) is 10.5 Å². The van der Waals surface area contributed by atoms with Crippen LogP contribution in [0.1, 0.15) is 6.04 Å². The van der Waals surface area contributed by atoms with Gasteiger partial charge in [-0.05, 0) is 12.1 Å². The van der Waals surface area contributed by atoms with Gasteiger partial charge in [0, 0.05) is 31.7 Å². The summed E-state index contributed by atoms with van der Waals surface area (Å²) in [6.07, 6.45) is 6.22. The molecule has 8 heteroatoms. The molecule has 0 spiro atoms. The monoisotopic (exact) mass is 265 g/mol. The number of sulfonamides is 1. The molecule has 0 bridgehead atoms. The van der Waals surface area contributed by atoms with E-state index in [0.29, 0.717) is 13.1 Å². The van der Waals surface area contributed by atoms with Crippen LogP contribution < -0.4 is 0 Å². The van der Waals surface area contributed by atoms with Crippen LogP contribution in [0, 0.1) is 0 Å². The molecule has 1 saturated heterocycles. The number of hydrogen-bond acceptors (Lipinski definition) is 5. The van der Waals surface area contributed by atoms with Crippen LogP contribution in [-0.2, 0) is 10.0 Å². The van der Waals surface area contributed by atoms with E-state index in [9.17, 15) is 8.42 Å². The molecule has 3 rings (SSSR count). The summed E-state index contributed by atoms with van der Waals surface area (Å²) in [5.74, 6) is 0. The van der Waals surface area contributed by atoms with Gasteiger partial charge in [0.15, 0.2) is 0 Å². The zero-order valence-corrected chi connectivity index (χ0v) is 10.2. The first-order valence-corrected chi connectivity index (χ1v) is 6.88. The Labute approximate surface area is 104 Å². The van der Waals surface area contributed by atoms with Gasteiger partial charge in [-0.3, -0.25) is 4.98 Å². The maximum Gasteiger partial charge on any atom is 0.244 e.